The fraction of sp³-hybridized carbons (Fsp3) is 0.900. The maximum absolute atomic E-state index is 8.70. The van der Waals surface area contributed by atoms with Crippen molar-refractivity contribution in [3.05, 3.63) is 0 Å². The normalized spacial score (nSPS) is 12.1. The molecule has 0 aromatic rings. The molecule has 0 amide bonds. The van der Waals surface area contributed by atoms with Crippen molar-refractivity contribution in [2.45, 2.75) is 26.7 Å². The highest BCUT2D eigenvalue weighted by atomic mass is 32.1. The smallest absolute Gasteiger partial charge is 0.0784 e. The Balaban J connectivity index is 3.68. The molecule has 3 nitrogen and oxygen atoms in total. The van der Waals surface area contributed by atoms with Crippen LogP contribution in [0.1, 0.15) is 26.7 Å². The van der Waals surface area contributed by atoms with Gasteiger partial charge in [-0.15, -0.1) is 0 Å². The average molecular weight is 218 g/mol. The van der Waals surface area contributed by atoms with Gasteiger partial charge in [0, 0.05) is 12.0 Å². The van der Waals surface area contributed by atoms with Crippen molar-refractivity contribution in [1.29, 1.82) is 0 Å². The van der Waals surface area contributed by atoms with Crippen LogP contribution in [-0.4, -0.2) is 41.7 Å². The minimum Gasteiger partial charge on any atom is -0.395 e. The minimum atomic E-state index is -0.0462. The van der Waals surface area contributed by atoms with Crippen LogP contribution in [0.25, 0.3) is 0 Å². The lowest BCUT2D eigenvalue weighted by Gasteiger charge is -2.24. The second-order valence-electron chi connectivity index (χ2n) is 4.38. The quantitative estimate of drug-likeness (QED) is 0.626. The molecule has 0 aliphatic rings. The molecular formula is C10H22N2OS. The molecule has 0 atom stereocenters. The van der Waals surface area contributed by atoms with E-state index in [2.05, 4.69) is 18.7 Å². The van der Waals surface area contributed by atoms with Gasteiger partial charge in [0.1, 0.15) is 0 Å². The summed E-state index contributed by atoms with van der Waals surface area (Å²) in [4.78, 5) is 2.69. The van der Waals surface area contributed by atoms with E-state index >= 15 is 0 Å². The second-order valence-corrected chi connectivity index (χ2v) is 4.82. The maximum atomic E-state index is 8.70. The van der Waals surface area contributed by atoms with E-state index in [1.54, 1.807) is 0 Å². The van der Waals surface area contributed by atoms with Crippen LogP contribution in [0.15, 0.2) is 0 Å². The first-order valence-electron chi connectivity index (χ1n) is 4.99. The van der Waals surface area contributed by atoms with Gasteiger partial charge in [0.05, 0.1) is 11.6 Å². The Kier molecular flexibility index (Phi) is 6.24. The van der Waals surface area contributed by atoms with E-state index in [0.717, 1.165) is 25.9 Å². The van der Waals surface area contributed by atoms with Gasteiger partial charge < -0.3 is 15.7 Å². The first-order valence-corrected chi connectivity index (χ1v) is 5.40. The number of aliphatic hydroxyl groups is 1. The number of likely N-dealkylation sites (N-methyl/N-ethyl adjacent to an activating group) is 1. The molecule has 0 aliphatic carbocycles. The lowest BCUT2D eigenvalue weighted by Crippen LogP contribution is -2.31. The molecule has 0 rings (SSSR count). The Hall–Kier alpha value is -0.190. The fourth-order valence-electron chi connectivity index (χ4n) is 1.20. The summed E-state index contributed by atoms with van der Waals surface area (Å²) in [7, 11) is 2.00. The van der Waals surface area contributed by atoms with Crippen molar-refractivity contribution in [3.63, 3.8) is 0 Å². The van der Waals surface area contributed by atoms with Crippen LogP contribution >= 0.6 is 12.2 Å². The third-order valence-electron chi connectivity index (χ3n) is 2.49. The monoisotopic (exact) mass is 218 g/mol. The van der Waals surface area contributed by atoms with Crippen molar-refractivity contribution in [3.8, 4) is 0 Å². The number of nitrogens with zero attached hydrogens (tertiary/aromatic N) is 1. The summed E-state index contributed by atoms with van der Waals surface area (Å²) in [6.07, 6.45) is 2.05. The van der Waals surface area contributed by atoms with Gasteiger partial charge >= 0.3 is 0 Å². The zero-order valence-corrected chi connectivity index (χ0v) is 10.2. The first kappa shape index (κ1) is 13.8. The molecule has 0 spiro atoms. The molecule has 0 aliphatic heterocycles. The van der Waals surface area contributed by atoms with Crippen LogP contribution in [0.5, 0.6) is 0 Å². The number of nitrogens with two attached hydrogens (primary N) is 1. The zero-order chi connectivity index (χ0) is 11.2. The van der Waals surface area contributed by atoms with Crippen LogP contribution in [0.4, 0.5) is 0 Å². The Morgan fingerprint density at radius 3 is 2.43 bits per heavy atom. The number of hydrogen-bond donors (Lipinski definition) is 2. The van der Waals surface area contributed by atoms with Gasteiger partial charge in [0.2, 0.25) is 0 Å². The second kappa shape index (κ2) is 6.32. The molecular weight excluding hydrogens is 196 g/mol. The van der Waals surface area contributed by atoms with E-state index in [-0.39, 0.29) is 12.0 Å². The topological polar surface area (TPSA) is 49.5 Å². The molecule has 0 unspecified atom stereocenters. The number of thiocarbonyl (C=S) groups is 1. The van der Waals surface area contributed by atoms with Crippen LogP contribution < -0.4 is 5.73 Å². The van der Waals surface area contributed by atoms with Crippen molar-refractivity contribution < 1.29 is 5.11 Å². The Labute approximate surface area is 92.3 Å². The highest BCUT2D eigenvalue weighted by Gasteiger charge is 2.20. The molecule has 14 heavy (non-hydrogen) atoms. The third-order valence-corrected chi connectivity index (χ3v) is 3.04. The van der Waals surface area contributed by atoms with Crippen molar-refractivity contribution in [1.82, 2.24) is 4.90 Å². The summed E-state index contributed by atoms with van der Waals surface area (Å²) in [5.74, 6) is 0. The number of hydrogen-bond acceptors (Lipinski definition) is 3. The summed E-state index contributed by atoms with van der Waals surface area (Å²) in [5, 5.41) is 8.70. The van der Waals surface area contributed by atoms with Gasteiger partial charge in [-0.25, -0.2) is 0 Å². The van der Waals surface area contributed by atoms with E-state index < -0.39 is 0 Å². The molecule has 84 valence electrons. The summed E-state index contributed by atoms with van der Waals surface area (Å²) in [6.45, 7) is 6.07. The van der Waals surface area contributed by atoms with Gasteiger partial charge in [0.25, 0.3) is 0 Å². The van der Waals surface area contributed by atoms with Crippen LogP contribution in [-0.2, 0) is 0 Å². The Morgan fingerprint density at radius 1 is 1.43 bits per heavy atom. The number of rotatable bonds is 7. The average Bonchev–Trinajstić information content (AvgIpc) is 2.04. The predicted molar refractivity (Wildman–Crippen MR) is 64.4 cm³/mol. The molecule has 4 heteroatoms. The zero-order valence-electron chi connectivity index (χ0n) is 9.42. The van der Waals surface area contributed by atoms with Gasteiger partial charge in [0.15, 0.2) is 0 Å². The standard InChI is InChI=1S/C10H22N2OS/c1-10(2,9(11)14)5-4-6-12(3)7-8-13/h13H,4-8H2,1-3H3,(H2,11,14). The third kappa shape index (κ3) is 5.52. The van der Waals surface area contributed by atoms with Gasteiger partial charge in [-0.2, -0.15) is 0 Å². The van der Waals surface area contributed by atoms with E-state index in [1.165, 1.54) is 0 Å². The van der Waals surface area contributed by atoms with E-state index in [1.807, 2.05) is 7.05 Å². The first-order chi connectivity index (χ1) is 6.40. The van der Waals surface area contributed by atoms with Crippen molar-refractivity contribution in [2.24, 2.45) is 11.1 Å². The van der Waals surface area contributed by atoms with Crippen LogP contribution in [0, 0.1) is 5.41 Å². The molecule has 0 saturated heterocycles. The summed E-state index contributed by atoms with van der Waals surface area (Å²) in [5.41, 5.74) is 5.58. The molecule has 0 saturated carbocycles. The van der Waals surface area contributed by atoms with Gasteiger partial charge in [-0.1, -0.05) is 26.1 Å². The van der Waals surface area contributed by atoms with Crippen molar-refractivity contribution >= 4 is 17.2 Å². The van der Waals surface area contributed by atoms with E-state index in [9.17, 15) is 0 Å². The fourth-order valence-corrected chi connectivity index (χ4v) is 1.30. The minimum absolute atomic E-state index is 0.0462. The van der Waals surface area contributed by atoms with Crippen molar-refractivity contribution in [2.75, 3.05) is 26.7 Å². The predicted octanol–water partition coefficient (Wildman–Crippen LogP) is 1.00. The highest BCUT2D eigenvalue weighted by Crippen LogP contribution is 2.22. The molecule has 0 aromatic heterocycles. The molecule has 0 bridgehead atoms. The molecule has 0 aromatic carbocycles. The highest BCUT2D eigenvalue weighted by molar-refractivity contribution is 7.80. The molecule has 3 N–H and O–H groups in total. The Morgan fingerprint density at radius 2 is 2.00 bits per heavy atom. The molecule has 0 heterocycles. The maximum Gasteiger partial charge on any atom is 0.0784 e. The van der Waals surface area contributed by atoms with Crippen LogP contribution in [0.3, 0.4) is 0 Å². The molecule has 0 radical (unpaired) electrons. The molecule has 0 fully saturated rings. The summed E-state index contributed by atoms with van der Waals surface area (Å²) < 4.78 is 0. The summed E-state index contributed by atoms with van der Waals surface area (Å²) >= 11 is 4.99. The summed E-state index contributed by atoms with van der Waals surface area (Å²) in [6, 6.07) is 0. The lowest BCUT2D eigenvalue weighted by atomic mass is 9.88. The van der Waals surface area contributed by atoms with E-state index in [4.69, 9.17) is 23.1 Å². The lowest BCUT2D eigenvalue weighted by molar-refractivity contribution is 0.216. The SMILES string of the molecule is CN(CCO)CCCC(C)(C)C(N)=S. The largest absolute Gasteiger partial charge is 0.395 e. The Bertz CT molecular complexity index is 183. The van der Waals surface area contributed by atoms with E-state index in [0.29, 0.717) is 4.99 Å². The number of aliphatic hydroxyl groups excluding tert-OH is 1. The van der Waals surface area contributed by atoms with Gasteiger partial charge in [-0.3, -0.25) is 0 Å². The van der Waals surface area contributed by atoms with Crippen LogP contribution in [0.2, 0.25) is 0 Å². The van der Waals surface area contributed by atoms with Gasteiger partial charge in [-0.05, 0) is 26.4 Å².